The summed E-state index contributed by atoms with van der Waals surface area (Å²) in [5.74, 6) is 1.23. The van der Waals surface area contributed by atoms with E-state index in [0.717, 1.165) is 33.7 Å². The van der Waals surface area contributed by atoms with Gasteiger partial charge in [0.15, 0.2) is 11.0 Å². The van der Waals surface area contributed by atoms with Crippen molar-refractivity contribution in [1.29, 1.82) is 0 Å². The van der Waals surface area contributed by atoms with Crippen molar-refractivity contribution in [3.63, 3.8) is 0 Å². The van der Waals surface area contributed by atoms with Crippen molar-refractivity contribution in [2.75, 3.05) is 6.54 Å². The molecule has 158 valence electrons. The first-order chi connectivity index (χ1) is 15.2. The number of hydrogen-bond acceptors (Lipinski definition) is 7. The van der Waals surface area contributed by atoms with E-state index in [1.807, 2.05) is 23.6 Å². The van der Waals surface area contributed by atoms with Gasteiger partial charge in [0, 0.05) is 35.6 Å². The third-order valence-electron chi connectivity index (χ3n) is 4.51. The fourth-order valence-corrected chi connectivity index (χ4v) is 4.66. The predicted octanol–water partition coefficient (Wildman–Crippen LogP) is 4.53. The predicted molar refractivity (Wildman–Crippen MR) is 124 cm³/mol. The molecule has 0 spiro atoms. The molecule has 0 fully saturated rings. The van der Waals surface area contributed by atoms with Crippen LogP contribution in [0.2, 0.25) is 0 Å². The maximum Gasteiger partial charge on any atom is 0.270 e. The standard InChI is InChI=1S/C22H22N6OS2/c1-3-10-24-21(29)18-13-30-19(25-18)14-31-22-27-26-20(16-8-11-23-12-9-16)28(22)17-6-4-15(2)5-7-17/h4-9,11-13H,3,10,14H2,1-2H3,(H,24,29). The Balaban J connectivity index is 1.59. The Morgan fingerprint density at radius 2 is 1.90 bits per heavy atom. The molecule has 0 aliphatic rings. The van der Waals surface area contributed by atoms with Crippen molar-refractivity contribution in [1.82, 2.24) is 30.0 Å². The smallest absolute Gasteiger partial charge is 0.270 e. The highest BCUT2D eigenvalue weighted by molar-refractivity contribution is 7.98. The molecule has 0 aliphatic carbocycles. The van der Waals surface area contributed by atoms with E-state index in [1.165, 1.54) is 16.9 Å². The Hall–Kier alpha value is -3.04. The number of aromatic nitrogens is 5. The Morgan fingerprint density at radius 1 is 1.13 bits per heavy atom. The minimum absolute atomic E-state index is 0.128. The summed E-state index contributed by atoms with van der Waals surface area (Å²) in [4.78, 5) is 20.7. The number of hydrogen-bond donors (Lipinski definition) is 1. The quantitative estimate of drug-likeness (QED) is 0.397. The van der Waals surface area contributed by atoms with Crippen molar-refractivity contribution in [3.8, 4) is 17.1 Å². The topological polar surface area (TPSA) is 85.6 Å². The maximum atomic E-state index is 12.1. The normalized spacial score (nSPS) is 10.9. The van der Waals surface area contributed by atoms with Crippen LogP contribution in [0, 0.1) is 6.92 Å². The zero-order chi connectivity index (χ0) is 21.6. The Bertz CT molecular complexity index is 1150. The van der Waals surface area contributed by atoms with Crippen LogP contribution in [-0.2, 0) is 5.75 Å². The van der Waals surface area contributed by atoms with Crippen LogP contribution < -0.4 is 5.32 Å². The summed E-state index contributed by atoms with van der Waals surface area (Å²) in [5.41, 5.74) is 3.59. The van der Waals surface area contributed by atoms with Gasteiger partial charge in [0.1, 0.15) is 10.7 Å². The van der Waals surface area contributed by atoms with Crippen LogP contribution in [-0.4, -0.2) is 37.2 Å². The number of carbonyl (C=O) groups is 1. The fourth-order valence-electron chi connectivity index (χ4n) is 2.91. The number of rotatable bonds is 8. The molecule has 0 atom stereocenters. The number of nitrogens with zero attached hydrogens (tertiary/aromatic N) is 5. The van der Waals surface area contributed by atoms with Crippen LogP contribution in [0.1, 0.15) is 34.4 Å². The highest BCUT2D eigenvalue weighted by atomic mass is 32.2. The summed E-state index contributed by atoms with van der Waals surface area (Å²) in [6.07, 6.45) is 4.39. The zero-order valence-electron chi connectivity index (χ0n) is 17.3. The number of amides is 1. The Kier molecular flexibility index (Phi) is 6.73. The summed E-state index contributed by atoms with van der Waals surface area (Å²) < 4.78 is 2.04. The summed E-state index contributed by atoms with van der Waals surface area (Å²) in [6.45, 7) is 4.73. The van der Waals surface area contributed by atoms with E-state index >= 15 is 0 Å². The molecule has 0 unspecified atom stereocenters. The second-order valence-corrected chi connectivity index (χ2v) is 8.77. The molecule has 1 amide bonds. The first-order valence-electron chi connectivity index (χ1n) is 9.94. The third-order valence-corrected chi connectivity index (χ3v) is 6.48. The van der Waals surface area contributed by atoms with Gasteiger partial charge < -0.3 is 5.32 Å². The maximum absolute atomic E-state index is 12.1. The van der Waals surface area contributed by atoms with Crippen molar-refractivity contribution >= 4 is 29.0 Å². The highest BCUT2D eigenvalue weighted by Gasteiger charge is 2.17. The van der Waals surface area contributed by atoms with Gasteiger partial charge in [0.2, 0.25) is 0 Å². The molecule has 0 aliphatic heterocycles. The zero-order valence-corrected chi connectivity index (χ0v) is 18.9. The number of thiazole rings is 1. The molecule has 3 aromatic heterocycles. The van der Waals surface area contributed by atoms with Gasteiger partial charge in [0.05, 0.1) is 5.75 Å². The van der Waals surface area contributed by atoms with E-state index in [-0.39, 0.29) is 5.91 Å². The number of aryl methyl sites for hydroxylation is 1. The Morgan fingerprint density at radius 3 is 2.65 bits per heavy atom. The molecular weight excluding hydrogens is 428 g/mol. The summed E-state index contributed by atoms with van der Waals surface area (Å²) in [7, 11) is 0. The van der Waals surface area contributed by atoms with Crippen LogP contribution in [0.4, 0.5) is 0 Å². The second-order valence-electron chi connectivity index (χ2n) is 6.88. The SMILES string of the molecule is CCCNC(=O)c1csc(CSc2nnc(-c3ccncc3)n2-c2ccc(C)cc2)n1. The average Bonchev–Trinajstić information content (AvgIpc) is 3.44. The van der Waals surface area contributed by atoms with E-state index in [9.17, 15) is 4.79 Å². The molecule has 4 rings (SSSR count). The minimum atomic E-state index is -0.128. The van der Waals surface area contributed by atoms with Crippen LogP contribution in [0.15, 0.2) is 59.3 Å². The molecule has 0 saturated carbocycles. The van der Waals surface area contributed by atoms with Crippen LogP contribution in [0.5, 0.6) is 0 Å². The van der Waals surface area contributed by atoms with Crippen molar-refractivity contribution in [2.45, 2.75) is 31.2 Å². The molecular formula is C22H22N6OS2. The monoisotopic (exact) mass is 450 g/mol. The highest BCUT2D eigenvalue weighted by Crippen LogP contribution is 2.30. The summed E-state index contributed by atoms with van der Waals surface area (Å²) >= 11 is 3.03. The number of thioether (sulfide) groups is 1. The lowest BCUT2D eigenvalue weighted by Crippen LogP contribution is -2.24. The van der Waals surface area contributed by atoms with E-state index < -0.39 is 0 Å². The fraction of sp³-hybridized carbons (Fsp3) is 0.227. The van der Waals surface area contributed by atoms with E-state index in [0.29, 0.717) is 18.0 Å². The number of carbonyl (C=O) groups excluding carboxylic acids is 1. The number of nitrogens with one attached hydrogen (secondary N) is 1. The van der Waals surface area contributed by atoms with Crippen molar-refractivity contribution in [3.05, 3.63) is 70.4 Å². The van der Waals surface area contributed by atoms with Gasteiger partial charge in [-0.1, -0.05) is 36.4 Å². The first-order valence-corrected chi connectivity index (χ1v) is 11.8. The van der Waals surface area contributed by atoms with Gasteiger partial charge in [0.25, 0.3) is 5.91 Å². The van der Waals surface area contributed by atoms with E-state index in [2.05, 4.69) is 56.7 Å². The van der Waals surface area contributed by atoms with Crippen LogP contribution in [0.25, 0.3) is 17.1 Å². The van der Waals surface area contributed by atoms with Gasteiger partial charge >= 0.3 is 0 Å². The molecule has 3 heterocycles. The summed E-state index contributed by atoms with van der Waals surface area (Å²) in [5, 5.41) is 15.2. The van der Waals surface area contributed by atoms with Gasteiger partial charge in [-0.15, -0.1) is 21.5 Å². The van der Waals surface area contributed by atoms with E-state index in [4.69, 9.17) is 0 Å². The Labute approximate surface area is 189 Å². The molecule has 9 heteroatoms. The van der Waals surface area contributed by atoms with E-state index in [1.54, 1.807) is 29.5 Å². The third kappa shape index (κ3) is 5.00. The molecule has 0 radical (unpaired) electrons. The molecule has 0 saturated heterocycles. The summed E-state index contributed by atoms with van der Waals surface area (Å²) in [6, 6.07) is 12.1. The minimum Gasteiger partial charge on any atom is -0.351 e. The van der Waals surface area contributed by atoms with Gasteiger partial charge in [-0.25, -0.2) is 4.98 Å². The molecule has 7 nitrogen and oxygen atoms in total. The van der Waals surface area contributed by atoms with Gasteiger partial charge in [-0.05, 0) is 37.6 Å². The molecule has 4 aromatic rings. The second kappa shape index (κ2) is 9.84. The van der Waals surface area contributed by atoms with Crippen molar-refractivity contribution in [2.24, 2.45) is 0 Å². The number of pyridine rings is 1. The van der Waals surface area contributed by atoms with Crippen LogP contribution >= 0.6 is 23.1 Å². The average molecular weight is 451 g/mol. The lowest BCUT2D eigenvalue weighted by molar-refractivity contribution is 0.0949. The van der Waals surface area contributed by atoms with Crippen molar-refractivity contribution < 1.29 is 4.79 Å². The first kappa shape index (κ1) is 21.2. The largest absolute Gasteiger partial charge is 0.351 e. The lowest BCUT2D eigenvalue weighted by Gasteiger charge is -2.10. The lowest BCUT2D eigenvalue weighted by atomic mass is 10.2. The molecule has 1 aromatic carbocycles. The molecule has 0 bridgehead atoms. The molecule has 31 heavy (non-hydrogen) atoms. The number of benzene rings is 1. The van der Waals surface area contributed by atoms with Gasteiger partial charge in [-0.2, -0.15) is 0 Å². The van der Waals surface area contributed by atoms with Gasteiger partial charge in [-0.3, -0.25) is 14.3 Å². The van der Waals surface area contributed by atoms with Crippen LogP contribution in [0.3, 0.4) is 0 Å². The molecule has 1 N–H and O–H groups in total.